The smallest absolute Gasteiger partial charge is 0.234 e. The Hall–Kier alpha value is -3.00. The van der Waals surface area contributed by atoms with E-state index in [0.717, 1.165) is 5.75 Å². The zero-order valence-electron chi connectivity index (χ0n) is 14.5. The van der Waals surface area contributed by atoms with Crippen LogP contribution in [0.15, 0.2) is 53.7 Å². The van der Waals surface area contributed by atoms with Crippen molar-refractivity contribution < 1.29 is 9.53 Å². The highest BCUT2D eigenvalue weighted by Gasteiger charge is 2.10. The van der Waals surface area contributed by atoms with Gasteiger partial charge in [0.25, 0.3) is 0 Å². The van der Waals surface area contributed by atoms with Gasteiger partial charge in [0.05, 0.1) is 5.75 Å². The van der Waals surface area contributed by atoms with E-state index in [4.69, 9.17) is 10.6 Å². The molecule has 0 aliphatic rings. The number of anilines is 1. The first-order chi connectivity index (χ1) is 12.5. The fraction of sp³-hybridized carbons (Fsp3) is 0.167. The molecular weight excluding hydrogens is 350 g/mol. The lowest BCUT2D eigenvalue weighted by Gasteiger charge is -2.08. The number of benzene rings is 2. The highest BCUT2D eigenvalue weighted by atomic mass is 32.2. The Morgan fingerprint density at radius 3 is 2.27 bits per heavy atom. The van der Waals surface area contributed by atoms with Crippen LogP contribution in [0.25, 0.3) is 0 Å². The highest BCUT2D eigenvalue weighted by molar-refractivity contribution is 7.99. The molecule has 1 heterocycles. The first kappa shape index (κ1) is 17.8. The number of nitrogens with one attached hydrogen (secondary N) is 1. The molecule has 134 valence electrons. The van der Waals surface area contributed by atoms with E-state index in [1.165, 1.54) is 22.0 Å². The average molecular weight is 369 g/mol. The number of hydrogen-bond donors (Lipinski definition) is 2. The van der Waals surface area contributed by atoms with Crippen molar-refractivity contribution >= 4 is 23.4 Å². The van der Waals surface area contributed by atoms with Gasteiger partial charge in [0.1, 0.15) is 17.3 Å². The van der Waals surface area contributed by atoms with Gasteiger partial charge in [0.15, 0.2) is 0 Å². The predicted octanol–water partition coefficient (Wildman–Crippen LogP) is 3.13. The van der Waals surface area contributed by atoms with E-state index in [2.05, 4.69) is 15.5 Å². The number of aryl methyl sites for hydroxylation is 2. The number of nitrogens with zero attached hydrogens (tertiary/aromatic N) is 3. The molecule has 1 amide bonds. The number of nitrogens with two attached hydrogens (primary N) is 1. The topological polar surface area (TPSA) is 95.1 Å². The molecule has 0 radical (unpaired) electrons. The van der Waals surface area contributed by atoms with Crippen LogP contribution in [0.5, 0.6) is 11.5 Å². The van der Waals surface area contributed by atoms with Crippen LogP contribution >= 0.6 is 11.8 Å². The molecule has 8 heteroatoms. The molecule has 0 spiro atoms. The van der Waals surface area contributed by atoms with Gasteiger partial charge in [-0.2, -0.15) is 0 Å². The van der Waals surface area contributed by atoms with Crippen molar-refractivity contribution in [2.24, 2.45) is 0 Å². The fourth-order valence-electron chi connectivity index (χ4n) is 2.12. The first-order valence-electron chi connectivity index (χ1n) is 7.95. The number of carbonyl (C=O) groups excluding carboxylic acids is 1. The number of amides is 1. The van der Waals surface area contributed by atoms with Crippen molar-refractivity contribution in [2.75, 3.05) is 16.9 Å². The van der Waals surface area contributed by atoms with Crippen LogP contribution < -0.4 is 15.9 Å². The number of carbonyl (C=O) groups is 1. The van der Waals surface area contributed by atoms with E-state index in [-0.39, 0.29) is 11.7 Å². The number of nitrogen functional groups attached to an aromatic ring is 1. The number of aromatic nitrogens is 3. The normalized spacial score (nSPS) is 10.5. The van der Waals surface area contributed by atoms with Gasteiger partial charge in [0, 0.05) is 5.69 Å². The fourth-order valence-corrected chi connectivity index (χ4v) is 2.83. The molecule has 0 saturated heterocycles. The molecular formula is C18H19N5O2S. The molecule has 26 heavy (non-hydrogen) atoms. The van der Waals surface area contributed by atoms with E-state index in [1.54, 1.807) is 19.1 Å². The van der Waals surface area contributed by atoms with Gasteiger partial charge in [0.2, 0.25) is 11.1 Å². The number of rotatable bonds is 6. The molecule has 0 atom stereocenters. The van der Waals surface area contributed by atoms with Crippen molar-refractivity contribution in [3.63, 3.8) is 0 Å². The van der Waals surface area contributed by atoms with E-state index >= 15 is 0 Å². The minimum Gasteiger partial charge on any atom is -0.457 e. The Morgan fingerprint density at radius 2 is 1.69 bits per heavy atom. The van der Waals surface area contributed by atoms with Crippen LogP contribution in [-0.2, 0) is 4.79 Å². The number of ether oxygens (including phenoxy) is 1. The third kappa shape index (κ3) is 4.54. The lowest BCUT2D eigenvalue weighted by Crippen LogP contribution is -2.16. The van der Waals surface area contributed by atoms with Gasteiger partial charge in [-0.25, -0.2) is 4.68 Å². The van der Waals surface area contributed by atoms with Crippen molar-refractivity contribution in [3.05, 3.63) is 59.9 Å². The summed E-state index contributed by atoms with van der Waals surface area (Å²) in [7, 11) is 0. The first-order valence-corrected chi connectivity index (χ1v) is 8.94. The maximum absolute atomic E-state index is 12.1. The lowest BCUT2D eigenvalue weighted by molar-refractivity contribution is -0.113. The predicted molar refractivity (Wildman–Crippen MR) is 102 cm³/mol. The summed E-state index contributed by atoms with van der Waals surface area (Å²) in [5.41, 5.74) is 1.87. The van der Waals surface area contributed by atoms with Gasteiger partial charge in [-0.05, 0) is 50.2 Å². The molecule has 0 unspecified atom stereocenters. The maximum Gasteiger partial charge on any atom is 0.234 e. The van der Waals surface area contributed by atoms with Crippen LogP contribution in [0, 0.1) is 13.8 Å². The maximum atomic E-state index is 12.1. The molecule has 7 nitrogen and oxygen atoms in total. The van der Waals surface area contributed by atoms with Crippen LogP contribution in [0.1, 0.15) is 11.4 Å². The van der Waals surface area contributed by atoms with Crippen molar-refractivity contribution in [3.8, 4) is 11.5 Å². The van der Waals surface area contributed by atoms with Crippen LogP contribution in [0.2, 0.25) is 0 Å². The molecule has 0 aliphatic carbocycles. The summed E-state index contributed by atoms with van der Waals surface area (Å²) in [6.07, 6.45) is 0. The van der Waals surface area contributed by atoms with Gasteiger partial charge in [-0.15, -0.1) is 10.2 Å². The summed E-state index contributed by atoms with van der Waals surface area (Å²) in [5, 5.41) is 11.1. The van der Waals surface area contributed by atoms with Gasteiger partial charge < -0.3 is 15.9 Å². The number of thioether (sulfide) groups is 1. The molecule has 0 aliphatic heterocycles. The lowest BCUT2D eigenvalue weighted by atomic mass is 10.2. The summed E-state index contributed by atoms with van der Waals surface area (Å²) in [6.45, 7) is 3.77. The number of hydrogen-bond acceptors (Lipinski definition) is 6. The second kappa shape index (κ2) is 7.92. The third-order valence-corrected chi connectivity index (χ3v) is 4.51. The molecule has 0 saturated carbocycles. The summed E-state index contributed by atoms with van der Waals surface area (Å²) < 4.78 is 7.12. The van der Waals surface area contributed by atoms with Crippen molar-refractivity contribution in [1.29, 1.82) is 0 Å². The largest absolute Gasteiger partial charge is 0.457 e. The van der Waals surface area contributed by atoms with Crippen molar-refractivity contribution in [1.82, 2.24) is 14.9 Å². The quantitative estimate of drug-likeness (QED) is 0.512. The zero-order valence-corrected chi connectivity index (χ0v) is 15.3. The third-order valence-electron chi connectivity index (χ3n) is 3.56. The van der Waals surface area contributed by atoms with E-state index in [9.17, 15) is 4.79 Å². The monoisotopic (exact) mass is 369 g/mol. The van der Waals surface area contributed by atoms with E-state index in [0.29, 0.717) is 22.4 Å². The van der Waals surface area contributed by atoms with E-state index in [1.807, 2.05) is 43.3 Å². The molecule has 3 aromatic rings. The SMILES string of the molecule is Cc1ccc(Oc2ccc(NC(=O)CSc3nnc(C)n3N)cc2)cc1. The molecule has 3 rings (SSSR count). The zero-order chi connectivity index (χ0) is 18.5. The van der Waals surface area contributed by atoms with Gasteiger partial charge >= 0.3 is 0 Å². The Kier molecular flexibility index (Phi) is 5.43. The van der Waals surface area contributed by atoms with Gasteiger partial charge in [-0.1, -0.05) is 29.5 Å². The van der Waals surface area contributed by atoms with E-state index < -0.39 is 0 Å². The molecule has 3 N–H and O–H groups in total. The molecule has 1 aromatic heterocycles. The minimum absolute atomic E-state index is 0.150. The Balaban J connectivity index is 1.52. The Morgan fingerprint density at radius 1 is 1.08 bits per heavy atom. The van der Waals surface area contributed by atoms with Crippen molar-refractivity contribution in [2.45, 2.75) is 19.0 Å². The average Bonchev–Trinajstić information content (AvgIpc) is 2.95. The summed E-state index contributed by atoms with van der Waals surface area (Å²) in [5.74, 6) is 7.86. The minimum atomic E-state index is -0.150. The summed E-state index contributed by atoms with van der Waals surface area (Å²) >= 11 is 1.23. The van der Waals surface area contributed by atoms with Crippen LogP contribution in [0.3, 0.4) is 0 Å². The molecule has 2 aromatic carbocycles. The van der Waals surface area contributed by atoms with Gasteiger partial charge in [-0.3, -0.25) is 4.79 Å². The highest BCUT2D eigenvalue weighted by Crippen LogP contribution is 2.23. The summed E-state index contributed by atoms with van der Waals surface area (Å²) in [4.78, 5) is 12.1. The molecule has 0 fully saturated rings. The Labute approximate surface area is 155 Å². The second-order valence-corrected chi connectivity index (χ2v) is 6.62. The molecule has 0 bridgehead atoms. The van der Waals surface area contributed by atoms with Crippen LogP contribution in [0.4, 0.5) is 5.69 Å². The summed E-state index contributed by atoms with van der Waals surface area (Å²) in [6, 6.07) is 15.0. The standard InChI is InChI=1S/C18H19N5O2S/c1-12-3-7-15(8-4-12)25-16-9-5-14(6-10-16)20-17(24)11-26-18-22-21-13(2)23(18)19/h3-10H,11,19H2,1-2H3,(H,20,24). The Bertz CT molecular complexity index is 891. The second-order valence-electron chi connectivity index (χ2n) is 5.68. The van der Waals surface area contributed by atoms with Crippen LogP contribution in [-0.4, -0.2) is 26.5 Å².